The molecule has 1 spiro atoms. The monoisotopic (exact) mass is 387 g/mol. The van der Waals surface area contributed by atoms with Crippen LogP contribution in [0.3, 0.4) is 0 Å². The van der Waals surface area contributed by atoms with E-state index in [1.807, 2.05) is 21.9 Å². The number of hydrogen-bond acceptors (Lipinski definition) is 4. The number of nitrogens with zero attached hydrogens (tertiary/aromatic N) is 4. The van der Waals surface area contributed by atoms with E-state index in [0.717, 1.165) is 24.8 Å². The maximum absolute atomic E-state index is 12.6. The molecule has 2 aliphatic heterocycles. The van der Waals surface area contributed by atoms with Crippen molar-refractivity contribution >= 4 is 17.8 Å². The average molecular weight is 387 g/mol. The van der Waals surface area contributed by atoms with E-state index in [1.165, 1.54) is 4.90 Å². The fourth-order valence-electron chi connectivity index (χ4n) is 4.13. The first-order valence-electron chi connectivity index (χ1n) is 9.78. The first-order chi connectivity index (χ1) is 13.4. The molecule has 152 valence electrons. The van der Waals surface area contributed by atoms with Gasteiger partial charge in [0.2, 0.25) is 11.8 Å². The van der Waals surface area contributed by atoms with Gasteiger partial charge in [-0.25, -0.2) is 4.79 Å². The second kappa shape index (κ2) is 8.58. The Hall–Kier alpha value is -2.64. The molecule has 8 nitrogen and oxygen atoms in total. The maximum atomic E-state index is 12.6. The summed E-state index contributed by atoms with van der Waals surface area (Å²) in [6.07, 6.45) is 6.74. The van der Waals surface area contributed by atoms with E-state index in [4.69, 9.17) is 0 Å². The molecule has 2 aliphatic rings. The second-order valence-electron chi connectivity index (χ2n) is 8.08. The molecule has 1 atom stereocenters. The van der Waals surface area contributed by atoms with Gasteiger partial charge < -0.3 is 20.0 Å². The standard InChI is InChI=1S/C20H29N5O3/c1-23(2)19(28)22-12-18(27)24-11-3-7-20(14-24)8-4-17(26)25(15-20)13-16-5-9-21-10-6-16/h5-6,9-10H,3-4,7-8,11-15H2,1-2H3,(H,22,28). The van der Waals surface area contributed by atoms with Crippen molar-refractivity contribution in [3.05, 3.63) is 30.1 Å². The van der Waals surface area contributed by atoms with Gasteiger partial charge in [0.15, 0.2) is 0 Å². The molecule has 2 fully saturated rings. The third kappa shape index (κ3) is 4.79. The van der Waals surface area contributed by atoms with E-state index in [9.17, 15) is 14.4 Å². The zero-order valence-electron chi connectivity index (χ0n) is 16.7. The van der Waals surface area contributed by atoms with Gasteiger partial charge in [-0.05, 0) is 37.0 Å². The number of aromatic nitrogens is 1. The Balaban J connectivity index is 1.62. The summed E-state index contributed by atoms with van der Waals surface area (Å²) >= 11 is 0. The Labute approximate surface area is 165 Å². The Morgan fingerprint density at radius 1 is 1.21 bits per heavy atom. The van der Waals surface area contributed by atoms with Crippen molar-refractivity contribution in [3.8, 4) is 0 Å². The Bertz CT molecular complexity index is 724. The van der Waals surface area contributed by atoms with Gasteiger partial charge in [0.05, 0.1) is 6.54 Å². The van der Waals surface area contributed by atoms with Crippen molar-refractivity contribution in [2.75, 3.05) is 40.3 Å². The van der Waals surface area contributed by atoms with Crippen molar-refractivity contribution in [1.29, 1.82) is 0 Å². The van der Waals surface area contributed by atoms with Crippen molar-refractivity contribution in [1.82, 2.24) is 25.0 Å². The molecule has 1 N–H and O–H groups in total. The van der Waals surface area contributed by atoms with E-state index in [-0.39, 0.29) is 29.8 Å². The molecule has 8 heteroatoms. The molecule has 0 aromatic carbocycles. The van der Waals surface area contributed by atoms with Crippen LogP contribution in [0, 0.1) is 5.41 Å². The molecule has 2 saturated heterocycles. The molecule has 1 aromatic heterocycles. The van der Waals surface area contributed by atoms with Crippen molar-refractivity contribution < 1.29 is 14.4 Å². The number of pyridine rings is 1. The summed E-state index contributed by atoms with van der Waals surface area (Å²) in [6.45, 7) is 2.60. The van der Waals surface area contributed by atoms with Gasteiger partial charge in [0.1, 0.15) is 0 Å². The highest BCUT2D eigenvalue weighted by Crippen LogP contribution is 2.39. The van der Waals surface area contributed by atoms with E-state index >= 15 is 0 Å². The highest BCUT2D eigenvalue weighted by molar-refractivity contribution is 5.84. The Morgan fingerprint density at radius 2 is 1.96 bits per heavy atom. The van der Waals surface area contributed by atoms with Gasteiger partial charge in [-0.2, -0.15) is 0 Å². The number of nitrogens with one attached hydrogen (secondary N) is 1. The fraction of sp³-hybridized carbons (Fsp3) is 0.600. The van der Waals surface area contributed by atoms with Crippen LogP contribution in [0.2, 0.25) is 0 Å². The first kappa shape index (κ1) is 20.1. The summed E-state index contributed by atoms with van der Waals surface area (Å²) < 4.78 is 0. The topological polar surface area (TPSA) is 85.8 Å². The predicted octanol–water partition coefficient (Wildman–Crippen LogP) is 1.08. The molecule has 28 heavy (non-hydrogen) atoms. The number of hydrogen-bond donors (Lipinski definition) is 1. The van der Waals surface area contributed by atoms with Crippen molar-refractivity contribution in [2.45, 2.75) is 32.2 Å². The SMILES string of the molecule is CN(C)C(=O)NCC(=O)N1CCCC2(CCC(=O)N(Cc3ccncc3)C2)C1. The number of carbonyl (C=O) groups excluding carboxylic acids is 3. The van der Waals surface area contributed by atoms with Gasteiger partial charge in [0, 0.05) is 64.5 Å². The van der Waals surface area contributed by atoms with Gasteiger partial charge in [-0.15, -0.1) is 0 Å². The van der Waals surface area contributed by atoms with Crippen LogP contribution in [0.5, 0.6) is 0 Å². The van der Waals surface area contributed by atoms with Crippen LogP contribution in [-0.4, -0.2) is 77.8 Å². The number of urea groups is 1. The van der Waals surface area contributed by atoms with E-state index in [0.29, 0.717) is 32.6 Å². The summed E-state index contributed by atoms with van der Waals surface area (Å²) in [5.74, 6) is 0.107. The molecule has 3 rings (SSSR count). The summed E-state index contributed by atoms with van der Waals surface area (Å²) in [4.78, 5) is 45.9. The fourth-order valence-corrected chi connectivity index (χ4v) is 4.13. The number of amides is 4. The highest BCUT2D eigenvalue weighted by atomic mass is 16.2. The quantitative estimate of drug-likeness (QED) is 0.838. The zero-order valence-corrected chi connectivity index (χ0v) is 16.7. The first-order valence-corrected chi connectivity index (χ1v) is 9.78. The average Bonchev–Trinajstić information content (AvgIpc) is 2.69. The molecular formula is C20H29N5O3. The molecule has 1 aromatic rings. The van der Waals surface area contributed by atoms with E-state index < -0.39 is 0 Å². The number of rotatable bonds is 4. The van der Waals surface area contributed by atoms with Crippen molar-refractivity contribution in [3.63, 3.8) is 0 Å². The number of carbonyl (C=O) groups is 3. The van der Waals surface area contributed by atoms with Gasteiger partial charge in [0.25, 0.3) is 0 Å². The number of likely N-dealkylation sites (tertiary alicyclic amines) is 2. The molecule has 0 radical (unpaired) electrons. The third-order valence-electron chi connectivity index (χ3n) is 5.68. The molecule has 0 bridgehead atoms. The predicted molar refractivity (Wildman–Crippen MR) is 104 cm³/mol. The van der Waals surface area contributed by atoms with E-state index in [1.54, 1.807) is 26.5 Å². The summed E-state index contributed by atoms with van der Waals surface area (Å²) in [5.41, 5.74) is 1.01. The molecule has 1 unspecified atom stereocenters. The Kier molecular flexibility index (Phi) is 6.16. The summed E-state index contributed by atoms with van der Waals surface area (Å²) in [7, 11) is 3.29. The van der Waals surface area contributed by atoms with Crippen LogP contribution >= 0.6 is 0 Å². The minimum absolute atomic E-state index is 0.00670. The van der Waals surface area contributed by atoms with Gasteiger partial charge in [-0.3, -0.25) is 14.6 Å². The lowest BCUT2D eigenvalue weighted by atomic mass is 9.73. The third-order valence-corrected chi connectivity index (χ3v) is 5.68. The van der Waals surface area contributed by atoms with Crippen molar-refractivity contribution in [2.24, 2.45) is 5.41 Å². The van der Waals surface area contributed by atoms with Gasteiger partial charge >= 0.3 is 6.03 Å². The smallest absolute Gasteiger partial charge is 0.317 e. The Morgan fingerprint density at radius 3 is 2.68 bits per heavy atom. The molecular weight excluding hydrogens is 358 g/mol. The van der Waals surface area contributed by atoms with Crippen LogP contribution in [0.4, 0.5) is 4.79 Å². The van der Waals surface area contributed by atoms with Crippen LogP contribution in [0.25, 0.3) is 0 Å². The minimum Gasteiger partial charge on any atom is -0.341 e. The molecule has 4 amide bonds. The lowest BCUT2D eigenvalue weighted by Crippen LogP contribution is -2.56. The zero-order chi connectivity index (χ0) is 20.1. The van der Waals surface area contributed by atoms with E-state index in [2.05, 4.69) is 10.3 Å². The molecule has 0 aliphatic carbocycles. The normalized spacial score (nSPS) is 22.3. The highest BCUT2D eigenvalue weighted by Gasteiger charge is 2.42. The maximum Gasteiger partial charge on any atom is 0.317 e. The van der Waals surface area contributed by atoms with Crippen LogP contribution in [-0.2, 0) is 16.1 Å². The van der Waals surface area contributed by atoms with Crippen LogP contribution < -0.4 is 5.32 Å². The lowest BCUT2D eigenvalue weighted by Gasteiger charge is -2.48. The van der Waals surface area contributed by atoms with Gasteiger partial charge in [-0.1, -0.05) is 0 Å². The summed E-state index contributed by atoms with van der Waals surface area (Å²) in [5, 5.41) is 2.64. The largest absolute Gasteiger partial charge is 0.341 e. The van der Waals surface area contributed by atoms with Crippen LogP contribution in [0.1, 0.15) is 31.2 Å². The number of piperidine rings is 2. The lowest BCUT2D eigenvalue weighted by molar-refractivity contribution is -0.143. The molecule has 0 saturated carbocycles. The minimum atomic E-state index is -0.271. The second-order valence-corrected chi connectivity index (χ2v) is 8.08. The summed E-state index contributed by atoms with van der Waals surface area (Å²) in [6, 6.07) is 3.59. The molecule has 3 heterocycles. The van der Waals surface area contributed by atoms with Crippen LogP contribution in [0.15, 0.2) is 24.5 Å².